The van der Waals surface area contributed by atoms with Crippen LogP contribution in [0.3, 0.4) is 0 Å². The second-order valence-corrected chi connectivity index (χ2v) is 10.3. The molecule has 1 aromatic carbocycles. The Kier molecular flexibility index (Phi) is 7.03. The van der Waals surface area contributed by atoms with Crippen LogP contribution in [-0.4, -0.2) is 94.7 Å². The molecule has 1 aromatic rings. The molecule has 3 aliphatic heterocycles. The molecule has 2 amide bonds. The third-order valence-corrected chi connectivity index (χ3v) is 7.50. The number of hydrogen-bond donors (Lipinski definition) is 1. The average Bonchev–Trinajstić information content (AvgIpc) is 3.28. The molecule has 0 bridgehead atoms. The van der Waals surface area contributed by atoms with E-state index in [2.05, 4.69) is 4.90 Å². The minimum absolute atomic E-state index is 0.000145. The maximum Gasteiger partial charge on any atom is 0.254 e. The predicted molar refractivity (Wildman–Crippen MR) is 123 cm³/mol. The zero-order valence-corrected chi connectivity index (χ0v) is 20.1. The summed E-state index contributed by atoms with van der Waals surface area (Å²) in [6.07, 6.45) is 2.46. The summed E-state index contributed by atoms with van der Waals surface area (Å²) in [6.45, 7) is 6.62. The molecule has 3 atom stereocenters. The molecular formula is C23H31Cl2N3O4. The van der Waals surface area contributed by atoms with Gasteiger partial charge in [-0.3, -0.25) is 14.5 Å². The van der Waals surface area contributed by atoms with Crippen LogP contribution in [0, 0.1) is 0 Å². The van der Waals surface area contributed by atoms with E-state index in [1.807, 2.05) is 11.0 Å². The fourth-order valence-corrected chi connectivity index (χ4v) is 5.52. The maximum absolute atomic E-state index is 13.5. The predicted octanol–water partition coefficient (Wildman–Crippen LogP) is 2.21. The maximum atomic E-state index is 13.5. The van der Waals surface area contributed by atoms with Crippen LogP contribution >= 0.6 is 23.2 Å². The zero-order valence-electron chi connectivity index (χ0n) is 18.6. The van der Waals surface area contributed by atoms with E-state index in [0.29, 0.717) is 36.3 Å². The SMILES string of the molecule is CC(C)(O)C(=O)N1CCN(C(=O)Cc2ccc(Cl)c(Cl)c2)[C@@H]2C(N3CCCC3)COCC21. The van der Waals surface area contributed by atoms with Gasteiger partial charge >= 0.3 is 0 Å². The first-order chi connectivity index (χ1) is 15.2. The number of piperazine rings is 1. The van der Waals surface area contributed by atoms with Crippen molar-refractivity contribution in [1.29, 1.82) is 0 Å². The number of fused-ring (bicyclic) bond motifs is 1. The third kappa shape index (κ3) is 4.77. The standard InChI is InChI=1S/C23H31Cl2N3O4/c1-23(2,31)22(30)27-9-10-28(20(29)12-15-5-6-16(24)17(25)11-15)21-18(13-32-14-19(21)27)26-7-3-4-8-26/h5-6,11,18-19,21,31H,3-4,7-10,12-14H2,1-2H3/t18?,19?,21-/m1/s1. The molecule has 7 nitrogen and oxygen atoms in total. The molecule has 1 N–H and O–H groups in total. The molecule has 4 rings (SSSR count). The summed E-state index contributed by atoms with van der Waals surface area (Å²) in [6, 6.07) is 4.80. The molecule has 0 saturated carbocycles. The van der Waals surface area contributed by atoms with Gasteiger partial charge in [-0.15, -0.1) is 0 Å². The Balaban J connectivity index is 1.61. The van der Waals surface area contributed by atoms with E-state index in [0.717, 1.165) is 31.5 Å². The lowest BCUT2D eigenvalue weighted by atomic mass is 9.89. The second kappa shape index (κ2) is 9.47. The van der Waals surface area contributed by atoms with E-state index in [1.165, 1.54) is 13.8 Å². The fraction of sp³-hybridized carbons (Fsp3) is 0.652. The first-order valence-corrected chi connectivity index (χ1v) is 12.0. The molecule has 0 spiro atoms. The topological polar surface area (TPSA) is 73.3 Å². The van der Waals surface area contributed by atoms with Crippen molar-refractivity contribution in [3.63, 3.8) is 0 Å². The number of carbonyl (C=O) groups excluding carboxylic acids is 2. The molecule has 3 fully saturated rings. The van der Waals surface area contributed by atoms with Gasteiger partial charge in [-0.25, -0.2) is 0 Å². The molecule has 3 aliphatic rings. The van der Waals surface area contributed by atoms with Crippen LogP contribution in [0.5, 0.6) is 0 Å². The summed E-state index contributed by atoms with van der Waals surface area (Å²) in [5, 5.41) is 11.3. The normalized spacial score (nSPS) is 26.8. The quantitative estimate of drug-likeness (QED) is 0.710. The number of carbonyl (C=O) groups is 2. The van der Waals surface area contributed by atoms with E-state index >= 15 is 0 Å². The highest BCUT2D eigenvalue weighted by atomic mass is 35.5. The lowest BCUT2D eigenvalue weighted by Crippen LogP contribution is -2.73. The number of aliphatic hydroxyl groups is 1. The van der Waals surface area contributed by atoms with Crippen LogP contribution in [0.2, 0.25) is 10.0 Å². The third-order valence-electron chi connectivity index (χ3n) is 6.76. The molecule has 32 heavy (non-hydrogen) atoms. The highest BCUT2D eigenvalue weighted by Gasteiger charge is 2.50. The van der Waals surface area contributed by atoms with Crippen LogP contribution < -0.4 is 0 Å². The van der Waals surface area contributed by atoms with E-state index in [9.17, 15) is 14.7 Å². The van der Waals surface area contributed by atoms with Crippen LogP contribution in [0.15, 0.2) is 18.2 Å². The van der Waals surface area contributed by atoms with Gasteiger partial charge in [-0.05, 0) is 57.5 Å². The molecule has 3 heterocycles. The molecular weight excluding hydrogens is 453 g/mol. The van der Waals surface area contributed by atoms with E-state index in [4.69, 9.17) is 27.9 Å². The lowest BCUT2D eigenvalue weighted by molar-refractivity contribution is -0.172. The minimum atomic E-state index is -1.47. The van der Waals surface area contributed by atoms with Crippen LogP contribution in [-0.2, 0) is 20.7 Å². The summed E-state index contributed by atoms with van der Waals surface area (Å²) in [4.78, 5) is 32.5. The van der Waals surface area contributed by atoms with Gasteiger partial charge in [0.1, 0.15) is 5.60 Å². The van der Waals surface area contributed by atoms with Gasteiger partial charge in [0, 0.05) is 13.1 Å². The lowest BCUT2D eigenvalue weighted by Gasteiger charge is -2.54. The van der Waals surface area contributed by atoms with E-state index in [1.54, 1.807) is 17.0 Å². The smallest absolute Gasteiger partial charge is 0.254 e. The first kappa shape index (κ1) is 23.8. The van der Waals surface area contributed by atoms with Crippen molar-refractivity contribution in [1.82, 2.24) is 14.7 Å². The summed E-state index contributed by atoms with van der Waals surface area (Å²) < 4.78 is 5.95. The molecule has 0 aromatic heterocycles. The van der Waals surface area contributed by atoms with Crippen LogP contribution in [0.4, 0.5) is 0 Å². The highest BCUT2D eigenvalue weighted by molar-refractivity contribution is 6.42. The number of likely N-dealkylation sites (tertiary alicyclic amines) is 1. The van der Waals surface area contributed by atoms with Crippen molar-refractivity contribution in [3.8, 4) is 0 Å². The summed E-state index contributed by atoms with van der Waals surface area (Å²) in [5.74, 6) is -0.324. The van der Waals surface area contributed by atoms with Crippen molar-refractivity contribution >= 4 is 35.0 Å². The van der Waals surface area contributed by atoms with Gasteiger partial charge in [0.15, 0.2) is 0 Å². The first-order valence-electron chi connectivity index (χ1n) is 11.3. The zero-order chi connectivity index (χ0) is 23.0. The van der Waals surface area contributed by atoms with Gasteiger partial charge in [-0.2, -0.15) is 0 Å². The summed E-state index contributed by atoms with van der Waals surface area (Å²) in [7, 11) is 0. The number of ether oxygens (including phenoxy) is 1. The number of hydrogen-bond acceptors (Lipinski definition) is 5. The van der Waals surface area contributed by atoms with E-state index < -0.39 is 5.60 Å². The number of amides is 2. The largest absolute Gasteiger partial charge is 0.381 e. The fourth-order valence-electron chi connectivity index (χ4n) is 5.20. The summed E-state index contributed by atoms with van der Waals surface area (Å²) in [5.41, 5.74) is -0.669. The Labute approximate surface area is 199 Å². The number of nitrogens with zero attached hydrogens (tertiary/aromatic N) is 3. The average molecular weight is 484 g/mol. The van der Waals surface area contributed by atoms with Crippen LogP contribution in [0.25, 0.3) is 0 Å². The Morgan fingerprint density at radius 3 is 2.34 bits per heavy atom. The monoisotopic (exact) mass is 483 g/mol. The highest BCUT2D eigenvalue weighted by Crippen LogP contribution is 2.31. The molecule has 176 valence electrons. The van der Waals surface area contributed by atoms with Crippen molar-refractivity contribution in [2.45, 2.75) is 56.8 Å². The van der Waals surface area contributed by atoms with Gasteiger partial charge in [0.25, 0.3) is 5.91 Å². The number of rotatable bonds is 4. The van der Waals surface area contributed by atoms with Crippen molar-refractivity contribution in [2.24, 2.45) is 0 Å². The Hall–Kier alpha value is -1.38. The number of halogens is 2. The molecule has 3 saturated heterocycles. The van der Waals surface area contributed by atoms with Crippen LogP contribution in [0.1, 0.15) is 32.3 Å². The molecule has 2 unspecified atom stereocenters. The Bertz CT molecular complexity index is 869. The van der Waals surface area contributed by atoms with E-state index in [-0.39, 0.29) is 36.4 Å². The summed E-state index contributed by atoms with van der Waals surface area (Å²) >= 11 is 12.2. The van der Waals surface area contributed by atoms with Gasteiger partial charge in [0.2, 0.25) is 5.91 Å². The van der Waals surface area contributed by atoms with Gasteiger partial charge < -0.3 is 19.6 Å². The second-order valence-electron chi connectivity index (χ2n) is 9.48. The van der Waals surface area contributed by atoms with Crippen molar-refractivity contribution in [2.75, 3.05) is 39.4 Å². The Morgan fingerprint density at radius 1 is 1.03 bits per heavy atom. The Morgan fingerprint density at radius 2 is 1.69 bits per heavy atom. The molecule has 0 aliphatic carbocycles. The number of benzene rings is 1. The molecule has 0 radical (unpaired) electrons. The van der Waals surface area contributed by atoms with Crippen molar-refractivity contribution in [3.05, 3.63) is 33.8 Å². The molecule has 9 heteroatoms. The van der Waals surface area contributed by atoms with Gasteiger partial charge in [-0.1, -0.05) is 29.3 Å². The van der Waals surface area contributed by atoms with Crippen molar-refractivity contribution < 1.29 is 19.4 Å². The minimum Gasteiger partial charge on any atom is -0.381 e. The van der Waals surface area contributed by atoms with Gasteiger partial charge in [0.05, 0.1) is 47.8 Å².